The van der Waals surface area contributed by atoms with Crippen molar-refractivity contribution in [1.29, 1.82) is 0 Å². The summed E-state index contributed by atoms with van der Waals surface area (Å²) in [5.74, 6) is 0.0377. The quantitative estimate of drug-likeness (QED) is 0.772. The lowest BCUT2D eigenvalue weighted by Crippen LogP contribution is -2.25. The van der Waals surface area contributed by atoms with Gasteiger partial charge in [-0.05, 0) is 6.42 Å². The van der Waals surface area contributed by atoms with Crippen LogP contribution in [0.2, 0.25) is 0 Å². The van der Waals surface area contributed by atoms with E-state index < -0.39 is 10.0 Å². The van der Waals surface area contributed by atoms with Crippen LogP contribution in [-0.2, 0) is 10.0 Å². The van der Waals surface area contributed by atoms with E-state index in [0.717, 1.165) is 6.20 Å². The molecule has 0 saturated carbocycles. The molecule has 7 nitrogen and oxygen atoms in total. The van der Waals surface area contributed by atoms with Gasteiger partial charge < -0.3 is 4.74 Å². The average Bonchev–Trinajstić information content (AvgIpc) is 2.79. The molecule has 2 aromatic rings. The molecule has 2 aromatic heterocycles. The van der Waals surface area contributed by atoms with Crippen molar-refractivity contribution < 1.29 is 17.6 Å². The zero-order valence-corrected chi connectivity index (χ0v) is 11.3. The maximum Gasteiger partial charge on any atom is 0.261 e. The summed E-state index contributed by atoms with van der Waals surface area (Å²) in [6.07, 6.45) is 2.69. The van der Waals surface area contributed by atoms with Gasteiger partial charge in [-0.25, -0.2) is 17.9 Å². The Hall–Kier alpha value is -1.90. The highest BCUT2D eigenvalue weighted by atomic mass is 32.2. The molecule has 0 fully saturated rings. The number of hydrogen-bond donors (Lipinski definition) is 0. The van der Waals surface area contributed by atoms with Crippen molar-refractivity contribution in [2.45, 2.75) is 13.3 Å². The van der Waals surface area contributed by atoms with Gasteiger partial charge in [-0.2, -0.15) is 0 Å². The SMILES string of the molecule is CCCS(=O)(=O)N(F)c1cnc2cc(OC)nn2c1. The van der Waals surface area contributed by atoms with Crippen LogP contribution in [0.25, 0.3) is 5.65 Å². The van der Waals surface area contributed by atoms with E-state index in [0.29, 0.717) is 17.9 Å². The van der Waals surface area contributed by atoms with Gasteiger partial charge in [0.25, 0.3) is 10.0 Å². The monoisotopic (exact) mass is 288 g/mol. The van der Waals surface area contributed by atoms with E-state index >= 15 is 0 Å². The molecule has 2 rings (SSSR count). The Morgan fingerprint density at radius 1 is 1.53 bits per heavy atom. The smallest absolute Gasteiger partial charge is 0.261 e. The summed E-state index contributed by atoms with van der Waals surface area (Å²) in [7, 11) is -2.54. The number of sulfonamides is 1. The van der Waals surface area contributed by atoms with Crippen LogP contribution >= 0.6 is 0 Å². The summed E-state index contributed by atoms with van der Waals surface area (Å²) in [6, 6.07) is 1.55. The number of fused-ring (bicyclic) bond motifs is 1. The van der Waals surface area contributed by atoms with Crippen LogP contribution in [0.5, 0.6) is 5.88 Å². The number of methoxy groups -OCH3 is 1. The second-order valence-electron chi connectivity index (χ2n) is 3.83. The molecule has 0 aromatic carbocycles. The molecule has 0 aliphatic carbocycles. The Bertz CT molecular complexity index is 685. The van der Waals surface area contributed by atoms with Gasteiger partial charge >= 0.3 is 0 Å². The van der Waals surface area contributed by atoms with Crippen molar-refractivity contribution in [3.63, 3.8) is 0 Å². The zero-order valence-electron chi connectivity index (χ0n) is 10.4. The van der Waals surface area contributed by atoms with Gasteiger partial charge in [-0.15, -0.1) is 5.10 Å². The number of hydrogen-bond acceptors (Lipinski definition) is 5. The first kappa shape index (κ1) is 13.5. The van der Waals surface area contributed by atoms with Gasteiger partial charge in [0.15, 0.2) is 5.65 Å². The van der Waals surface area contributed by atoms with Crippen molar-refractivity contribution in [3.05, 3.63) is 18.5 Å². The Balaban J connectivity index is 2.40. The van der Waals surface area contributed by atoms with Gasteiger partial charge in [0.2, 0.25) is 5.88 Å². The molecular weight excluding hydrogens is 275 g/mol. The first-order chi connectivity index (χ1) is 8.97. The van der Waals surface area contributed by atoms with E-state index in [-0.39, 0.29) is 16.0 Å². The predicted octanol–water partition coefficient (Wildman–Crippen LogP) is 1.17. The highest BCUT2D eigenvalue weighted by molar-refractivity contribution is 7.92. The van der Waals surface area contributed by atoms with Crippen molar-refractivity contribution in [2.24, 2.45) is 0 Å². The minimum absolute atomic E-state index is 0.202. The van der Waals surface area contributed by atoms with Crippen LogP contribution in [-0.4, -0.2) is 35.9 Å². The summed E-state index contributed by atoms with van der Waals surface area (Å²) in [5.41, 5.74) is 0.230. The van der Waals surface area contributed by atoms with E-state index in [9.17, 15) is 12.9 Å². The zero-order chi connectivity index (χ0) is 14.0. The molecule has 0 radical (unpaired) electrons. The lowest BCUT2D eigenvalue weighted by Gasteiger charge is -2.12. The van der Waals surface area contributed by atoms with Gasteiger partial charge in [0.05, 0.1) is 25.3 Å². The minimum Gasteiger partial charge on any atom is -0.480 e. The van der Waals surface area contributed by atoms with Gasteiger partial charge in [-0.3, -0.25) is 0 Å². The molecule has 0 amide bonds. The number of aromatic nitrogens is 3. The highest BCUT2D eigenvalue weighted by Gasteiger charge is 2.22. The first-order valence-electron chi connectivity index (χ1n) is 5.56. The number of ether oxygens (including phenoxy) is 1. The van der Waals surface area contributed by atoms with E-state index in [1.54, 1.807) is 13.0 Å². The molecular formula is C10H13FN4O3S. The summed E-state index contributed by atoms with van der Waals surface area (Å²) < 4.78 is 42.9. The van der Waals surface area contributed by atoms with Gasteiger partial charge in [0.1, 0.15) is 5.69 Å². The Morgan fingerprint density at radius 2 is 2.26 bits per heavy atom. The number of rotatable bonds is 5. The molecule has 104 valence electrons. The molecule has 2 heterocycles. The lowest BCUT2D eigenvalue weighted by molar-refractivity contribution is 0.395. The summed E-state index contributed by atoms with van der Waals surface area (Å²) in [5, 5.41) is 3.95. The van der Waals surface area contributed by atoms with Gasteiger partial charge in [-0.1, -0.05) is 15.9 Å². The van der Waals surface area contributed by atoms with Crippen molar-refractivity contribution in [1.82, 2.24) is 14.6 Å². The molecule has 0 atom stereocenters. The van der Waals surface area contributed by atoms with Crippen molar-refractivity contribution >= 4 is 21.4 Å². The minimum atomic E-state index is -3.98. The maximum atomic E-state index is 13.8. The van der Waals surface area contributed by atoms with Crippen molar-refractivity contribution in [3.8, 4) is 5.88 Å². The molecule has 0 aliphatic rings. The molecule has 0 unspecified atom stereocenters. The number of anilines is 1. The fraction of sp³-hybridized carbons (Fsp3) is 0.400. The van der Waals surface area contributed by atoms with E-state index in [4.69, 9.17) is 4.74 Å². The number of nitrogens with zero attached hydrogens (tertiary/aromatic N) is 4. The Labute approximate surface area is 109 Å². The lowest BCUT2D eigenvalue weighted by atomic mass is 10.5. The highest BCUT2D eigenvalue weighted by Crippen LogP contribution is 2.20. The van der Waals surface area contributed by atoms with Crippen LogP contribution in [0.15, 0.2) is 18.5 Å². The third-order valence-corrected chi connectivity index (χ3v) is 4.02. The Morgan fingerprint density at radius 3 is 2.89 bits per heavy atom. The molecule has 0 aliphatic heterocycles. The normalized spacial score (nSPS) is 11.7. The topological polar surface area (TPSA) is 76.8 Å². The summed E-state index contributed by atoms with van der Waals surface area (Å²) in [6.45, 7) is 1.66. The van der Waals surface area contributed by atoms with E-state index in [1.165, 1.54) is 17.8 Å². The predicted molar refractivity (Wildman–Crippen MR) is 67.2 cm³/mol. The summed E-state index contributed by atoms with van der Waals surface area (Å²) in [4.78, 5) is 3.92. The van der Waals surface area contributed by atoms with Crippen LogP contribution in [0.4, 0.5) is 10.2 Å². The molecule has 9 heteroatoms. The summed E-state index contributed by atoms with van der Waals surface area (Å²) >= 11 is 0. The molecule has 19 heavy (non-hydrogen) atoms. The fourth-order valence-corrected chi connectivity index (χ4v) is 2.63. The molecule has 0 N–H and O–H groups in total. The van der Waals surface area contributed by atoms with Crippen molar-refractivity contribution in [2.75, 3.05) is 17.4 Å². The molecule has 0 bridgehead atoms. The number of halogens is 1. The van der Waals surface area contributed by atoms with Crippen LogP contribution < -0.4 is 9.26 Å². The second-order valence-corrected chi connectivity index (χ2v) is 5.73. The van der Waals surface area contributed by atoms with E-state index in [1.807, 2.05) is 0 Å². The molecule has 0 saturated heterocycles. The Kier molecular flexibility index (Phi) is 3.56. The third kappa shape index (κ3) is 2.60. The van der Waals surface area contributed by atoms with Crippen LogP contribution in [0.3, 0.4) is 0 Å². The van der Waals surface area contributed by atoms with Crippen LogP contribution in [0.1, 0.15) is 13.3 Å². The van der Waals surface area contributed by atoms with Gasteiger partial charge in [0, 0.05) is 6.07 Å². The van der Waals surface area contributed by atoms with E-state index in [2.05, 4.69) is 10.1 Å². The van der Waals surface area contributed by atoms with Crippen LogP contribution in [0, 0.1) is 0 Å². The maximum absolute atomic E-state index is 13.8. The average molecular weight is 288 g/mol. The largest absolute Gasteiger partial charge is 0.480 e. The first-order valence-corrected chi connectivity index (χ1v) is 7.17. The molecule has 0 spiro atoms. The standard InChI is InChI=1S/C10H13FN4O3S/c1-3-4-19(16,17)15(11)8-6-12-9-5-10(18-2)13-14(9)7-8/h5-7H,3-4H2,1-2H3. The third-order valence-electron chi connectivity index (χ3n) is 2.40. The second kappa shape index (κ2) is 5.00. The fourth-order valence-electron chi connectivity index (χ4n) is 1.53.